The van der Waals surface area contributed by atoms with E-state index in [1.165, 1.54) is 43.2 Å². The molecule has 0 aliphatic heterocycles. The Morgan fingerprint density at radius 1 is 1.17 bits per heavy atom. The summed E-state index contributed by atoms with van der Waals surface area (Å²) in [6.45, 7) is 2.78. The molecular weight excluding hydrogens is 284 g/mol. The molecule has 1 saturated carbocycles. The molecule has 1 N–H and O–H groups in total. The molecule has 128 valence electrons. The van der Waals surface area contributed by atoms with Gasteiger partial charge in [-0.3, -0.25) is 4.79 Å². The number of nitrogens with zero attached hydrogens (tertiary/aromatic N) is 1. The molecule has 0 unspecified atom stereocenters. The van der Waals surface area contributed by atoms with Crippen molar-refractivity contribution in [3.63, 3.8) is 0 Å². The van der Waals surface area contributed by atoms with Crippen molar-refractivity contribution in [1.82, 2.24) is 10.2 Å². The third-order valence-corrected chi connectivity index (χ3v) is 5.08. The number of nitrogens with one attached hydrogen (secondary N) is 1. The Morgan fingerprint density at radius 3 is 2.43 bits per heavy atom. The maximum Gasteiger partial charge on any atom is 0.220 e. The number of hydrogen-bond acceptors (Lipinski definition) is 2. The summed E-state index contributed by atoms with van der Waals surface area (Å²) >= 11 is 0. The van der Waals surface area contributed by atoms with Crippen LogP contribution in [0.15, 0.2) is 24.3 Å². The van der Waals surface area contributed by atoms with Crippen LogP contribution in [0.2, 0.25) is 0 Å². The molecule has 3 nitrogen and oxygen atoms in total. The second-order valence-electron chi connectivity index (χ2n) is 7.24. The lowest BCUT2D eigenvalue weighted by molar-refractivity contribution is -0.121. The van der Waals surface area contributed by atoms with E-state index in [2.05, 4.69) is 55.5 Å². The van der Waals surface area contributed by atoms with Crippen LogP contribution < -0.4 is 5.32 Å². The van der Waals surface area contributed by atoms with Crippen LogP contribution >= 0.6 is 0 Å². The minimum atomic E-state index is 0.203. The van der Waals surface area contributed by atoms with Gasteiger partial charge in [0.15, 0.2) is 0 Å². The van der Waals surface area contributed by atoms with Gasteiger partial charge >= 0.3 is 0 Å². The van der Waals surface area contributed by atoms with Gasteiger partial charge in [0.05, 0.1) is 6.04 Å². The third-order valence-electron chi connectivity index (χ3n) is 5.08. The summed E-state index contributed by atoms with van der Waals surface area (Å²) in [7, 11) is 4.14. The summed E-state index contributed by atoms with van der Waals surface area (Å²) in [5.41, 5.74) is 2.52. The molecule has 1 aliphatic rings. The number of aryl methyl sites for hydroxylation is 1. The fourth-order valence-electron chi connectivity index (χ4n) is 3.50. The first-order valence-corrected chi connectivity index (χ1v) is 9.06. The molecule has 23 heavy (non-hydrogen) atoms. The number of benzene rings is 1. The van der Waals surface area contributed by atoms with Crippen molar-refractivity contribution >= 4 is 5.91 Å². The Hall–Kier alpha value is -1.35. The first-order chi connectivity index (χ1) is 11.1. The van der Waals surface area contributed by atoms with Crippen molar-refractivity contribution in [3.8, 4) is 0 Å². The van der Waals surface area contributed by atoms with Gasteiger partial charge in [-0.25, -0.2) is 0 Å². The Labute approximate surface area is 141 Å². The molecule has 0 radical (unpaired) electrons. The second-order valence-corrected chi connectivity index (χ2v) is 7.24. The third kappa shape index (κ3) is 5.98. The maximum atomic E-state index is 12.2. The fourth-order valence-corrected chi connectivity index (χ4v) is 3.50. The zero-order valence-electron chi connectivity index (χ0n) is 15.0. The molecule has 2 rings (SSSR count). The van der Waals surface area contributed by atoms with Gasteiger partial charge < -0.3 is 10.2 Å². The van der Waals surface area contributed by atoms with Crippen molar-refractivity contribution < 1.29 is 4.79 Å². The van der Waals surface area contributed by atoms with Crippen molar-refractivity contribution in [1.29, 1.82) is 0 Å². The highest BCUT2D eigenvalue weighted by molar-refractivity contribution is 5.75. The first-order valence-electron chi connectivity index (χ1n) is 9.06. The lowest BCUT2D eigenvalue weighted by Gasteiger charge is -2.25. The van der Waals surface area contributed by atoms with E-state index in [1.54, 1.807) is 0 Å². The number of likely N-dealkylation sites (N-methyl/N-ethyl adjacent to an activating group) is 1. The average molecular weight is 316 g/mol. The quantitative estimate of drug-likeness (QED) is 0.822. The number of rotatable bonds is 7. The number of amides is 1. The van der Waals surface area contributed by atoms with E-state index < -0.39 is 0 Å². The predicted octanol–water partition coefficient (Wildman–Crippen LogP) is 4.07. The van der Waals surface area contributed by atoms with E-state index in [0.29, 0.717) is 13.0 Å². The Kier molecular flexibility index (Phi) is 7.10. The summed E-state index contributed by atoms with van der Waals surface area (Å²) in [5, 5.41) is 3.14. The molecule has 0 saturated heterocycles. The molecule has 0 aromatic heterocycles. The van der Waals surface area contributed by atoms with E-state index >= 15 is 0 Å². The lowest BCUT2D eigenvalue weighted by atomic mass is 9.86. The minimum Gasteiger partial charge on any atom is -0.354 e. The van der Waals surface area contributed by atoms with Crippen molar-refractivity contribution in [2.75, 3.05) is 20.6 Å². The molecule has 1 aliphatic carbocycles. The maximum absolute atomic E-state index is 12.2. The van der Waals surface area contributed by atoms with E-state index in [9.17, 15) is 4.79 Å². The topological polar surface area (TPSA) is 32.3 Å². The second kappa shape index (κ2) is 9.07. The Morgan fingerprint density at radius 2 is 1.83 bits per heavy atom. The predicted molar refractivity (Wildman–Crippen MR) is 96.4 cm³/mol. The van der Waals surface area contributed by atoms with Crippen molar-refractivity contribution in [2.45, 2.75) is 57.9 Å². The van der Waals surface area contributed by atoms with Gasteiger partial charge in [0.1, 0.15) is 0 Å². The van der Waals surface area contributed by atoms with Crippen LogP contribution in [0.4, 0.5) is 0 Å². The molecule has 1 atom stereocenters. The molecule has 1 amide bonds. The van der Waals surface area contributed by atoms with Crippen LogP contribution in [0.1, 0.15) is 62.1 Å². The highest BCUT2D eigenvalue weighted by Gasteiger charge is 2.17. The molecule has 1 fully saturated rings. The van der Waals surface area contributed by atoms with Gasteiger partial charge in [-0.15, -0.1) is 0 Å². The summed E-state index contributed by atoms with van der Waals surface area (Å²) < 4.78 is 0. The molecule has 1 aromatic carbocycles. The highest BCUT2D eigenvalue weighted by Crippen LogP contribution is 2.27. The largest absolute Gasteiger partial charge is 0.354 e. The average Bonchev–Trinajstić information content (AvgIpc) is 2.55. The van der Waals surface area contributed by atoms with Gasteiger partial charge in [-0.2, -0.15) is 0 Å². The molecule has 0 bridgehead atoms. The Balaban J connectivity index is 1.78. The number of carbonyl (C=O) groups is 1. The van der Waals surface area contributed by atoms with Crippen LogP contribution in [-0.4, -0.2) is 31.4 Å². The normalized spacial score (nSPS) is 17.2. The summed E-state index contributed by atoms with van der Waals surface area (Å²) in [6.07, 6.45) is 8.45. The van der Waals surface area contributed by atoms with Crippen LogP contribution in [0.25, 0.3) is 0 Å². The van der Waals surface area contributed by atoms with Gasteiger partial charge in [0.25, 0.3) is 0 Å². The molecule has 0 heterocycles. The van der Waals surface area contributed by atoms with Crippen LogP contribution in [0, 0.1) is 12.8 Å². The number of carbonyl (C=O) groups excluding carboxylic acids is 1. The first kappa shape index (κ1) is 18.0. The van der Waals surface area contributed by atoms with E-state index in [-0.39, 0.29) is 11.9 Å². The van der Waals surface area contributed by atoms with Gasteiger partial charge in [0.2, 0.25) is 5.91 Å². The van der Waals surface area contributed by atoms with Crippen molar-refractivity contribution in [2.24, 2.45) is 5.92 Å². The summed E-state index contributed by atoms with van der Waals surface area (Å²) in [5.74, 6) is 0.978. The van der Waals surface area contributed by atoms with E-state index in [0.717, 1.165) is 12.3 Å². The van der Waals surface area contributed by atoms with E-state index in [1.807, 2.05) is 0 Å². The van der Waals surface area contributed by atoms with Gasteiger partial charge in [-0.1, -0.05) is 61.9 Å². The van der Waals surface area contributed by atoms with Crippen LogP contribution in [0.3, 0.4) is 0 Å². The van der Waals surface area contributed by atoms with Crippen LogP contribution in [-0.2, 0) is 4.79 Å². The lowest BCUT2D eigenvalue weighted by Crippen LogP contribution is -2.34. The zero-order chi connectivity index (χ0) is 16.7. The smallest absolute Gasteiger partial charge is 0.220 e. The van der Waals surface area contributed by atoms with Crippen LogP contribution in [0.5, 0.6) is 0 Å². The van der Waals surface area contributed by atoms with Gasteiger partial charge in [-0.05, 0) is 38.9 Å². The fraction of sp³-hybridized carbons (Fsp3) is 0.650. The number of hydrogen-bond donors (Lipinski definition) is 1. The summed E-state index contributed by atoms with van der Waals surface area (Å²) in [6, 6.07) is 8.82. The molecule has 3 heteroatoms. The Bertz CT molecular complexity index is 475. The molecule has 1 aromatic rings. The van der Waals surface area contributed by atoms with Gasteiger partial charge in [0, 0.05) is 13.0 Å². The zero-order valence-corrected chi connectivity index (χ0v) is 15.0. The SMILES string of the molecule is Cc1ccc([C@@H](CNC(=O)CCC2CCCCC2)N(C)C)cc1. The van der Waals surface area contributed by atoms with E-state index in [4.69, 9.17) is 0 Å². The monoisotopic (exact) mass is 316 g/mol. The summed E-state index contributed by atoms with van der Waals surface area (Å²) in [4.78, 5) is 14.3. The standard InChI is InChI=1S/C20H32N2O/c1-16-9-12-18(13-10-16)19(22(2)3)15-21-20(23)14-11-17-7-5-4-6-8-17/h9-10,12-13,17,19H,4-8,11,14-15H2,1-3H3,(H,21,23)/t19-/m1/s1. The van der Waals surface area contributed by atoms with Crippen molar-refractivity contribution in [3.05, 3.63) is 35.4 Å². The highest BCUT2D eigenvalue weighted by atomic mass is 16.1. The molecule has 0 spiro atoms. The molecular formula is C20H32N2O. The minimum absolute atomic E-state index is 0.203.